The summed E-state index contributed by atoms with van der Waals surface area (Å²) in [6.45, 7) is 1.05. The second-order valence-electron chi connectivity index (χ2n) is 7.58. The van der Waals surface area contributed by atoms with Crippen molar-refractivity contribution in [3.05, 3.63) is 59.7 Å². The van der Waals surface area contributed by atoms with Gasteiger partial charge in [0.15, 0.2) is 6.61 Å². The smallest absolute Gasteiger partial charge is 0.258 e. The Hall–Kier alpha value is -2.38. The van der Waals surface area contributed by atoms with E-state index in [4.69, 9.17) is 4.74 Å². The number of nitrogens with zero attached hydrogens (tertiary/aromatic N) is 1. The average Bonchev–Trinajstić information content (AvgIpc) is 3.29. The van der Waals surface area contributed by atoms with Crippen LogP contribution in [0.1, 0.15) is 42.9 Å². The summed E-state index contributed by atoms with van der Waals surface area (Å²) in [4.78, 5) is 12.6. The number of rotatable bonds is 6. The fourth-order valence-electron chi connectivity index (χ4n) is 4.07. The second kappa shape index (κ2) is 8.55. The molecule has 6 nitrogen and oxygen atoms in total. The standard InChI is InChI=1S/C22H26N2O4S/c25-22(23-21-9-5-7-17-6-1-2-8-20(17)21)16-28-18-10-12-19(13-11-18)29(26,27)24-14-3-4-15-24/h1-2,6,8,10-13,21H,3-5,7,9,14-16H2,(H,23,25). The quantitative estimate of drug-likeness (QED) is 0.788. The molecule has 154 valence electrons. The highest BCUT2D eigenvalue weighted by atomic mass is 32.2. The van der Waals surface area contributed by atoms with E-state index in [9.17, 15) is 13.2 Å². The van der Waals surface area contributed by atoms with Gasteiger partial charge in [0.2, 0.25) is 10.0 Å². The number of amides is 1. The molecule has 2 aromatic rings. The summed E-state index contributed by atoms with van der Waals surface area (Å²) in [6, 6.07) is 14.5. The van der Waals surface area contributed by atoms with Gasteiger partial charge in [-0.25, -0.2) is 8.42 Å². The number of sulfonamides is 1. The van der Waals surface area contributed by atoms with Gasteiger partial charge in [0.25, 0.3) is 5.91 Å². The number of ether oxygens (including phenoxy) is 1. The molecule has 0 spiro atoms. The summed E-state index contributed by atoms with van der Waals surface area (Å²) in [6.07, 6.45) is 4.83. The third-order valence-electron chi connectivity index (χ3n) is 5.60. The lowest BCUT2D eigenvalue weighted by Crippen LogP contribution is -2.34. The van der Waals surface area contributed by atoms with Crippen LogP contribution in [0.2, 0.25) is 0 Å². The van der Waals surface area contributed by atoms with Gasteiger partial charge in [-0.2, -0.15) is 4.31 Å². The average molecular weight is 415 g/mol. The number of hydrogen-bond donors (Lipinski definition) is 1. The molecule has 7 heteroatoms. The van der Waals surface area contributed by atoms with Crippen molar-refractivity contribution in [2.24, 2.45) is 0 Å². The molecule has 2 aliphatic rings. The van der Waals surface area contributed by atoms with Crippen molar-refractivity contribution in [1.29, 1.82) is 0 Å². The maximum absolute atomic E-state index is 12.6. The summed E-state index contributed by atoms with van der Waals surface area (Å²) in [5.74, 6) is 0.296. The minimum absolute atomic E-state index is 0.0176. The van der Waals surface area contributed by atoms with E-state index in [1.54, 1.807) is 12.1 Å². The predicted octanol–water partition coefficient (Wildman–Crippen LogP) is 3.04. The van der Waals surface area contributed by atoms with Crippen molar-refractivity contribution < 1.29 is 17.9 Å². The SMILES string of the molecule is O=C(COc1ccc(S(=O)(=O)N2CCCC2)cc1)NC1CCCc2ccccc21. The van der Waals surface area contributed by atoms with Crippen LogP contribution in [0.5, 0.6) is 5.75 Å². The van der Waals surface area contributed by atoms with Crippen molar-refractivity contribution >= 4 is 15.9 Å². The fraction of sp³-hybridized carbons (Fsp3) is 0.409. The molecular formula is C22H26N2O4S. The van der Waals surface area contributed by atoms with Crippen LogP contribution in [0.4, 0.5) is 0 Å². The molecule has 4 rings (SSSR count). The zero-order valence-corrected chi connectivity index (χ0v) is 17.2. The van der Waals surface area contributed by atoms with E-state index in [0.717, 1.165) is 32.1 Å². The maximum atomic E-state index is 12.6. The molecule has 1 atom stereocenters. The molecule has 0 saturated carbocycles. The van der Waals surface area contributed by atoms with Crippen molar-refractivity contribution in [3.8, 4) is 5.75 Å². The van der Waals surface area contributed by atoms with Crippen molar-refractivity contribution in [1.82, 2.24) is 9.62 Å². The molecule has 0 bridgehead atoms. The first-order chi connectivity index (χ1) is 14.0. The molecule has 29 heavy (non-hydrogen) atoms. The first-order valence-corrected chi connectivity index (χ1v) is 11.6. The summed E-state index contributed by atoms with van der Waals surface area (Å²) < 4.78 is 32.2. The number of fused-ring (bicyclic) bond motifs is 1. The molecule has 1 aliphatic heterocycles. The van der Waals surface area contributed by atoms with Crippen LogP contribution in [-0.2, 0) is 21.2 Å². The minimum Gasteiger partial charge on any atom is -0.484 e. The number of aryl methyl sites for hydroxylation is 1. The maximum Gasteiger partial charge on any atom is 0.258 e. The molecular weight excluding hydrogens is 388 g/mol. The van der Waals surface area contributed by atoms with E-state index in [-0.39, 0.29) is 23.5 Å². The van der Waals surface area contributed by atoms with Crippen molar-refractivity contribution in [3.63, 3.8) is 0 Å². The van der Waals surface area contributed by atoms with Crippen molar-refractivity contribution in [2.45, 2.75) is 43.0 Å². The van der Waals surface area contributed by atoms with Gasteiger partial charge in [-0.3, -0.25) is 4.79 Å². The van der Waals surface area contributed by atoms with Gasteiger partial charge < -0.3 is 10.1 Å². The number of benzene rings is 2. The molecule has 1 amide bonds. The van der Waals surface area contributed by atoms with Gasteiger partial charge in [0, 0.05) is 13.1 Å². The zero-order chi connectivity index (χ0) is 20.3. The highest BCUT2D eigenvalue weighted by Crippen LogP contribution is 2.29. The van der Waals surface area contributed by atoms with Gasteiger partial charge >= 0.3 is 0 Å². The molecule has 1 unspecified atom stereocenters. The highest BCUT2D eigenvalue weighted by molar-refractivity contribution is 7.89. The summed E-state index contributed by atoms with van der Waals surface area (Å²) in [5, 5.41) is 3.05. The summed E-state index contributed by atoms with van der Waals surface area (Å²) >= 11 is 0. The second-order valence-corrected chi connectivity index (χ2v) is 9.52. The fourth-order valence-corrected chi connectivity index (χ4v) is 5.59. The van der Waals surface area contributed by atoms with Gasteiger partial charge in [-0.15, -0.1) is 0 Å². The topological polar surface area (TPSA) is 75.7 Å². The molecule has 2 aromatic carbocycles. The van der Waals surface area contributed by atoms with E-state index in [1.165, 1.54) is 27.6 Å². The lowest BCUT2D eigenvalue weighted by Gasteiger charge is -2.26. The Bertz CT molecular complexity index is 967. The molecule has 1 aliphatic carbocycles. The van der Waals surface area contributed by atoms with Crippen LogP contribution in [-0.4, -0.2) is 38.3 Å². The number of carbonyl (C=O) groups is 1. The number of carbonyl (C=O) groups excluding carboxylic acids is 1. The Kier molecular flexibility index (Phi) is 5.87. The van der Waals surface area contributed by atoms with Crippen LogP contribution < -0.4 is 10.1 Å². The number of nitrogens with one attached hydrogen (secondary N) is 1. The van der Waals surface area contributed by atoms with E-state index in [2.05, 4.69) is 17.4 Å². The monoisotopic (exact) mass is 414 g/mol. The lowest BCUT2D eigenvalue weighted by atomic mass is 9.88. The third-order valence-corrected chi connectivity index (χ3v) is 7.51. The normalized spacial score (nSPS) is 19.5. The minimum atomic E-state index is -3.44. The Labute approximate surface area is 171 Å². The van der Waals surface area contributed by atoms with Crippen LogP contribution in [0.25, 0.3) is 0 Å². The van der Waals surface area contributed by atoms with Crippen molar-refractivity contribution in [2.75, 3.05) is 19.7 Å². The van der Waals surface area contributed by atoms with E-state index < -0.39 is 10.0 Å². The van der Waals surface area contributed by atoms with Gasteiger partial charge in [-0.1, -0.05) is 24.3 Å². The largest absolute Gasteiger partial charge is 0.484 e. The van der Waals surface area contributed by atoms with Crippen LogP contribution >= 0.6 is 0 Å². The summed E-state index contributed by atoms with van der Waals surface area (Å²) in [5.41, 5.74) is 2.48. The van der Waals surface area contributed by atoms with E-state index in [1.807, 2.05) is 12.1 Å². The van der Waals surface area contributed by atoms with Crippen LogP contribution in [0.3, 0.4) is 0 Å². The Morgan fingerprint density at radius 2 is 1.76 bits per heavy atom. The molecule has 1 saturated heterocycles. The first kappa shape index (κ1) is 19.9. The highest BCUT2D eigenvalue weighted by Gasteiger charge is 2.27. The van der Waals surface area contributed by atoms with E-state index in [0.29, 0.717) is 18.8 Å². The number of hydrogen-bond acceptors (Lipinski definition) is 4. The lowest BCUT2D eigenvalue weighted by molar-refractivity contribution is -0.123. The van der Waals surface area contributed by atoms with Gasteiger partial charge in [0.1, 0.15) is 5.75 Å². The molecule has 1 N–H and O–H groups in total. The Morgan fingerprint density at radius 1 is 1.03 bits per heavy atom. The van der Waals surface area contributed by atoms with Crippen LogP contribution in [0.15, 0.2) is 53.4 Å². The Balaban J connectivity index is 1.33. The molecule has 1 heterocycles. The van der Waals surface area contributed by atoms with E-state index >= 15 is 0 Å². The molecule has 0 radical (unpaired) electrons. The van der Waals surface area contributed by atoms with Gasteiger partial charge in [0.05, 0.1) is 10.9 Å². The Morgan fingerprint density at radius 3 is 2.52 bits per heavy atom. The third kappa shape index (κ3) is 4.46. The summed E-state index contributed by atoms with van der Waals surface area (Å²) in [7, 11) is -3.44. The molecule has 0 aromatic heterocycles. The van der Waals surface area contributed by atoms with Gasteiger partial charge in [-0.05, 0) is 67.5 Å². The first-order valence-electron chi connectivity index (χ1n) is 10.1. The molecule has 1 fully saturated rings. The van der Waals surface area contributed by atoms with Crippen LogP contribution in [0, 0.1) is 0 Å². The zero-order valence-electron chi connectivity index (χ0n) is 16.3. The predicted molar refractivity (Wildman–Crippen MR) is 110 cm³/mol.